The van der Waals surface area contributed by atoms with Crippen LogP contribution in [0.15, 0.2) is 12.1 Å². The molecule has 20 heavy (non-hydrogen) atoms. The van der Waals surface area contributed by atoms with Gasteiger partial charge in [0.2, 0.25) is 0 Å². The summed E-state index contributed by atoms with van der Waals surface area (Å²) in [5.74, 6) is 0.103. The maximum Gasteiger partial charge on any atom is 0.433 e. The number of rotatable bonds is 5. The fourth-order valence-corrected chi connectivity index (χ4v) is 1.75. The van der Waals surface area contributed by atoms with E-state index in [-0.39, 0.29) is 10.9 Å². The zero-order valence-electron chi connectivity index (χ0n) is 11.9. The van der Waals surface area contributed by atoms with E-state index < -0.39 is 11.9 Å². The van der Waals surface area contributed by atoms with E-state index in [1.807, 2.05) is 13.8 Å². The van der Waals surface area contributed by atoms with Crippen LogP contribution in [0.25, 0.3) is 0 Å². The van der Waals surface area contributed by atoms with Crippen LogP contribution in [-0.4, -0.2) is 10.8 Å². The molecule has 0 saturated heterocycles. The van der Waals surface area contributed by atoms with Crippen LogP contribution in [-0.2, 0) is 17.4 Å². The molecule has 1 rings (SSSR count). The number of carbonyl (C=O) groups excluding carboxylic acids is 1. The van der Waals surface area contributed by atoms with Gasteiger partial charge >= 0.3 is 6.18 Å². The third kappa shape index (κ3) is 6.89. The number of aromatic nitrogens is 1. The highest BCUT2D eigenvalue weighted by molar-refractivity contribution is 6.30. The summed E-state index contributed by atoms with van der Waals surface area (Å²) in [5, 5.41) is -0.118. The monoisotopic (exact) mass is 309 g/mol. The van der Waals surface area contributed by atoms with Crippen molar-refractivity contribution in [1.29, 1.82) is 0 Å². The van der Waals surface area contributed by atoms with Crippen molar-refractivity contribution in [2.75, 3.05) is 0 Å². The van der Waals surface area contributed by atoms with Gasteiger partial charge in [-0.05, 0) is 37.8 Å². The van der Waals surface area contributed by atoms with Gasteiger partial charge in [-0.2, -0.15) is 13.2 Å². The highest BCUT2D eigenvalue weighted by Crippen LogP contribution is 2.29. The summed E-state index contributed by atoms with van der Waals surface area (Å²) in [4.78, 5) is 14.0. The number of alkyl halides is 3. The van der Waals surface area contributed by atoms with Crippen LogP contribution >= 0.6 is 11.6 Å². The average molecular weight is 310 g/mol. The Balaban J connectivity index is 0.00000172. The number of carbonyl (C=O) groups is 1. The number of halogens is 4. The average Bonchev–Trinajstić information content (AvgIpc) is 2.37. The highest BCUT2D eigenvalue weighted by atomic mass is 35.5. The van der Waals surface area contributed by atoms with Gasteiger partial charge in [0, 0.05) is 6.42 Å². The highest BCUT2D eigenvalue weighted by Gasteiger charge is 2.32. The molecule has 0 aromatic carbocycles. The van der Waals surface area contributed by atoms with Crippen LogP contribution in [0.5, 0.6) is 0 Å². The van der Waals surface area contributed by atoms with E-state index >= 15 is 0 Å². The molecule has 0 saturated carbocycles. The summed E-state index contributed by atoms with van der Waals surface area (Å²) in [6.07, 6.45) is -2.07. The van der Waals surface area contributed by atoms with Gasteiger partial charge < -0.3 is 4.79 Å². The maximum absolute atomic E-state index is 12.3. The molecule has 0 aliphatic carbocycles. The molecule has 0 unspecified atom stereocenters. The summed E-state index contributed by atoms with van der Waals surface area (Å²) >= 11 is 5.70. The molecular weight excluding hydrogens is 291 g/mol. The molecule has 2 nitrogen and oxygen atoms in total. The van der Waals surface area contributed by atoms with Gasteiger partial charge in [-0.15, -0.1) is 0 Å². The minimum Gasteiger partial charge on any atom is -0.300 e. The molecule has 0 atom stereocenters. The number of pyridine rings is 1. The first-order valence-corrected chi connectivity index (χ1v) is 6.90. The molecule has 0 aliphatic heterocycles. The Labute approximate surface area is 122 Å². The van der Waals surface area contributed by atoms with Gasteiger partial charge in [0.25, 0.3) is 0 Å². The molecule has 0 aliphatic rings. The van der Waals surface area contributed by atoms with Crippen molar-refractivity contribution in [3.63, 3.8) is 0 Å². The molecule has 6 heteroatoms. The molecule has 0 bridgehead atoms. The van der Waals surface area contributed by atoms with Crippen LogP contribution in [0.3, 0.4) is 0 Å². The Morgan fingerprint density at radius 2 is 1.85 bits per heavy atom. The number of aryl methyl sites for hydroxylation is 1. The summed E-state index contributed by atoms with van der Waals surface area (Å²) in [7, 11) is 0. The first kappa shape index (κ1) is 18.9. The number of hydrogen-bond acceptors (Lipinski definition) is 2. The van der Waals surface area contributed by atoms with E-state index in [4.69, 9.17) is 11.6 Å². The van der Waals surface area contributed by atoms with Crippen LogP contribution in [0.4, 0.5) is 13.2 Å². The summed E-state index contributed by atoms with van der Waals surface area (Å²) in [6.45, 7) is 5.51. The van der Waals surface area contributed by atoms with Crippen molar-refractivity contribution in [3.05, 3.63) is 28.5 Å². The van der Waals surface area contributed by atoms with Crippen LogP contribution < -0.4 is 0 Å². The Kier molecular flexibility index (Phi) is 8.46. The number of nitrogens with zero attached hydrogens (tertiary/aromatic N) is 1. The lowest BCUT2D eigenvalue weighted by Crippen LogP contribution is -2.08. The molecule has 0 fully saturated rings. The van der Waals surface area contributed by atoms with Crippen molar-refractivity contribution in [3.8, 4) is 0 Å². The van der Waals surface area contributed by atoms with Gasteiger partial charge in [-0.3, -0.25) is 0 Å². The molecule has 114 valence electrons. The van der Waals surface area contributed by atoms with Gasteiger partial charge in [0.15, 0.2) is 0 Å². The van der Waals surface area contributed by atoms with Crippen molar-refractivity contribution < 1.29 is 18.0 Å². The Morgan fingerprint density at radius 1 is 1.25 bits per heavy atom. The second kappa shape index (κ2) is 8.95. The minimum atomic E-state index is -4.48. The molecule has 0 spiro atoms. The van der Waals surface area contributed by atoms with E-state index in [1.54, 1.807) is 0 Å². The van der Waals surface area contributed by atoms with Gasteiger partial charge in [-0.25, -0.2) is 4.98 Å². The van der Waals surface area contributed by atoms with Crippen LogP contribution in [0.2, 0.25) is 5.15 Å². The van der Waals surface area contributed by atoms with E-state index in [9.17, 15) is 18.0 Å². The van der Waals surface area contributed by atoms with Crippen molar-refractivity contribution in [2.24, 2.45) is 0 Å². The summed E-state index contributed by atoms with van der Waals surface area (Å²) in [6, 6.07) is 2.26. The molecule has 1 aromatic rings. The molecule has 1 aromatic heterocycles. The topological polar surface area (TPSA) is 30.0 Å². The standard InChI is InChI=1S/C12H13ClF3NO.C2H6/c1-8(18)4-2-3-5-9-6-7-10(12(14,15)16)17-11(9)13;1-2/h6-7H,2-5H2,1H3;1-2H3. The van der Waals surface area contributed by atoms with Crippen LogP contribution in [0.1, 0.15) is 51.3 Å². The second-order valence-electron chi connectivity index (χ2n) is 4.05. The number of unbranched alkanes of at least 4 members (excludes halogenated alkanes) is 1. The van der Waals surface area contributed by atoms with E-state index in [0.717, 1.165) is 6.07 Å². The molecule has 0 amide bonds. The van der Waals surface area contributed by atoms with E-state index in [1.165, 1.54) is 13.0 Å². The SMILES string of the molecule is CC.CC(=O)CCCCc1ccc(C(F)(F)F)nc1Cl. The largest absolute Gasteiger partial charge is 0.433 e. The Bertz CT molecular complexity index is 433. The molecule has 0 radical (unpaired) electrons. The Hall–Kier alpha value is -1.10. The first-order valence-electron chi connectivity index (χ1n) is 6.53. The number of hydrogen-bond donors (Lipinski definition) is 0. The molecule has 1 heterocycles. The zero-order chi connectivity index (χ0) is 15.8. The molecule has 0 N–H and O–H groups in total. The lowest BCUT2D eigenvalue weighted by molar-refractivity contribution is -0.141. The summed E-state index contributed by atoms with van der Waals surface area (Å²) in [5.41, 5.74) is -0.409. The maximum atomic E-state index is 12.3. The lowest BCUT2D eigenvalue weighted by Gasteiger charge is -2.08. The quantitative estimate of drug-likeness (QED) is 0.560. The zero-order valence-corrected chi connectivity index (χ0v) is 12.6. The number of Topliss-reactive ketones (excluding diaryl/α,β-unsaturated/α-hetero) is 1. The number of ketones is 1. The van der Waals surface area contributed by atoms with Gasteiger partial charge in [0.05, 0.1) is 0 Å². The third-order valence-electron chi connectivity index (χ3n) is 2.44. The lowest BCUT2D eigenvalue weighted by atomic mass is 10.1. The van der Waals surface area contributed by atoms with E-state index in [2.05, 4.69) is 4.98 Å². The fraction of sp³-hybridized carbons (Fsp3) is 0.571. The van der Waals surface area contributed by atoms with Crippen molar-refractivity contribution in [2.45, 2.75) is 52.6 Å². The molecular formula is C14H19ClF3NO. The van der Waals surface area contributed by atoms with Crippen LogP contribution in [0, 0.1) is 0 Å². The smallest absolute Gasteiger partial charge is 0.300 e. The fourth-order valence-electron chi connectivity index (χ4n) is 1.50. The predicted molar refractivity (Wildman–Crippen MR) is 73.8 cm³/mol. The minimum absolute atomic E-state index is 0.103. The van der Waals surface area contributed by atoms with Gasteiger partial charge in [0.1, 0.15) is 16.6 Å². The van der Waals surface area contributed by atoms with Crippen molar-refractivity contribution >= 4 is 17.4 Å². The van der Waals surface area contributed by atoms with Gasteiger partial charge in [-0.1, -0.05) is 31.5 Å². The van der Waals surface area contributed by atoms with Crippen molar-refractivity contribution in [1.82, 2.24) is 4.98 Å². The first-order chi connectivity index (χ1) is 9.30. The second-order valence-corrected chi connectivity index (χ2v) is 4.41. The normalized spacial score (nSPS) is 10.8. The Morgan fingerprint density at radius 3 is 2.30 bits per heavy atom. The third-order valence-corrected chi connectivity index (χ3v) is 2.77. The predicted octanol–water partition coefficient (Wildman–Crippen LogP) is 5.08. The van der Waals surface area contributed by atoms with E-state index in [0.29, 0.717) is 31.2 Å². The summed E-state index contributed by atoms with van der Waals surface area (Å²) < 4.78 is 37.0.